The molecule has 1 rings (SSSR count). The monoisotopic (exact) mass is 134 g/mol. The Bertz CT molecular complexity index is 47.5. The summed E-state index contributed by atoms with van der Waals surface area (Å²) in [6.07, 6.45) is 3.55. The molecule has 0 saturated heterocycles. The Morgan fingerprint density at radius 3 is 1.33 bits per heavy atom. The maximum atomic E-state index is 8.17. The van der Waals surface area contributed by atoms with Crippen LogP contribution < -0.4 is 0 Å². The zero-order valence-corrected chi connectivity index (χ0v) is 5.45. The smallest absolute Gasteiger partial charge is 0.100 e. The van der Waals surface area contributed by atoms with Crippen LogP contribution in [0.1, 0.15) is 19.3 Å². The molecule has 1 saturated carbocycles. The second kappa shape index (κ2) is 6.01. The lowest BCUT2D eigenvalue weighted by Crippen LogP contribution is -2.15. The number of aliphatic hydroxyl groups excluding tert-OH is 3. The largest absolute Gasteiger partial charge is 0.394 e. The Kier molecular flexibility index (Phi) is 5.93. The summed E-state index contributed by atoms with van der Waals surface area (Å²) in [6.45, 7) is -0.729. The van der Waals surface area contributed by atoms with Gasteiger partial charge in [0.2, 0.25) is 0 Å². The minimum atomic E-state index is -0.954. The first-order valence-corrected chi connectivity index (χ1v) is 3.21. The zero-order valence-electron chi connectivity index (χ0n) is 5.45. The van der Waals surface area contributed by atoms with Crippen LogP contribution in [0.3, 0.4) is 0 Å². The van der Waals surface area contributed by atoms with E-state index < -0.39 is 6.10 Å². The van der Waals surface area contributed by atoms with Crippen LogP contribution in [-0.2, 0) is 0 Å². The van der Waals surface area contributed by atoms with E-state index in [0.29, 0.717) is 0 Å². The van der Waals surface area contributed by atoms with Gasteiger partial charge in [-0.1, -0.05) is 19.3 Å². The minimum Gasteiger partial charge on any atom is -0.394 e. The zero-order chi connectivity index (χ0) is 7.11. The summed E-state index contributed by atoms with van der Waals surface area (Å²) in [5.74, 6) is 0. The van der Waals surface area contributed by atoms with Gasteiger partial charge in [0.15, 0.2) is 0 Å². The van der Waals surface area contributed by atoms with Crippen LogP contribution in [0.4, 0.5) is 0 Å². The first kappa shape index (κ1) is 8.88. The Balaban J connectivity index is 0.000000173. The van der Waals surface area contributed by atoms with E-state index in [0.717, 1.165) is 0 Å². The summed E-state index contributed by atoms with van der Waals surface area (Å²) in [7, 11) is 0. The average Bonchev–Trinajstić information content (AvgIpc) is 2.70. The predicted molar refractivity (Wildman–Crippen MR) is 34.0 cm³/mol. The van der Waals surface area contributed by atoms with Crippen molar-refractivity contribution < 1.29 is 15.3 Å². The molecule has 1 aliphatic rings. The third-order valence-electron chi connectivity index (χ3n) is 0.775. The number of rotatable bonds is 2. The normalized spacial score (nSPS) is 14.7. The van der Waals surface area contributed by atoms with Crippen molar-refractivity contribution in [2.24, 2.45) is 0 Å². The van der Waals surface area contributed by atoms with E-state index in [2.05, 4.69) is 0 Å². The van der Waals surface area contributed by atoms with Crippen LogP contribution >= 0.6 is 0 Å². The summed E-state index contributed by atoms with van der Waals surface area (Å²) in [5, 5.41) is 24.0. The molecular weight excluding hydrogens is 120 g/mol. The summed E-state index contributed by atoms with van der Waals surface area (Å²) < 4.78 is 0. The molecule has 9 heavy (non-hydrogen) atoms. The van der Waals surface area contributed by atoms with Crippen molar-refractivity contribution in [3.8, 4) is 0 Å². The van der Waals surface area contributed by atoms with Gasteiger partial charge in [-0.25, -0.2) is 0 Å². The lowest BCUT2D eigenvalue weighted by molar-refractivity contribution is 0.0450. The van der Waals surface area contributed by atoms with Crippen LogP contribution in [0.5, 0.6) is 0 Å². The van der Waals surface area contributed by atoms with Crippen LogP contribution in [-0.4, -0.2) is 34.6 Å². The topological polar surface area (TPSA) is 60.7 Å². The number of aliphatic hydroxyl groups is 3. The van der Waals surface area contributed by atoms with E-state index >= 15 is 0 Å². The highest BCUT2D eigenvalue weighted by Gasteiger charge is 1.95. The molecule has 3 N–H and O–H groups in total. The lowest BCUT2D eigenvalue weighted by Gasteiger charge is -1.96. The highest BCUT2D eigenvalue weighted by Crippen LogP contribution is 2.14. The van der Waals surface area contributed by atoms with Gasteiger partial charge in [-0.05, 0) is 0 Å². The number of hydrogen-bond donors (Lipinski definition) is 3. The van der Waals surface area contributed by atoms with Gasteiger partial charge in [-0.15, -0.1) is 0 Å². The van der Waals surface area contributed by atoms with Crippen LogP contribution in [0, 0.1) is 0 Å². The molecule has 3 nitrogen and oxygen atoms in total. The van der Waals surface area contributed by atoms with E-state index in [1.165, 1.54) is 19.3 Å². The van der Waals surface area contributed by atoms with E-state index in [-0.39, 0.29) is 13.2 Å². The highest BCUT2D eigenvalue weighted by molar-refractivity contribution is 4.50. The molecule has 0 aromatic rings. The molecule has 0 bridgehead atoms. The fraction of sp³-hybridized carbons (Fsp3) is 1.00. The fourth-order valence-electron chi connectivity index (χ4n) is 0.0577. The Morgan fingerprint density at radius 1 is 1.00 bits per heavy atom. The summed E-state index contributed by atoms with van der Waals surface area (Å²) >= 11 is 0. The van der Waals surface area contributed by atoms with E-state index in [9.17, 15) is 0 Å². The van der Waals surface area contributed by atoms with Gasteiger partial charge in [-0.3, -0.25) is 0 Å². The minimum absolute atomic E-state index is 0.365. The van der Waals surface area contributed by atoms with Crippen molar-refractivity contribution in [2.75, 3.05) is 13.2 Å². The number of hydrogen-bond acceptors (Lipinski definition) is 3. The molecule has 1 aliphatic carbocycles. The molecule has 0 aromatic heterocycles. The summed E-state index contributed by atoms with van der Waals surface area (Å²) in [5.41, 5.74) is 0. The predicted octanol–water partition coefficient (Wildman–Crippen LogP) is -0.498. The van der Waals surface area contributed by atoms with Crippen molar-refractivity contribution in [1.29, 1.82) is 0 Å². The highest BCUT2D eigenvalue weighted by atomic mass is 16.3. The third kappa shape index (κ3) is 11.4. The second-order valence-corrected chi connectivity index (χ2v) is 2.08. The van der Waals surface area contributed by atoms with Gasteiger partial charge in [0.1, 0.15) is 6.10 Å². The molecule has 0 unspecified atom stereocenters. The van der Waals surface area contributed by atoms with Crippen molar-refractivity contribution in [2.45, 2.75) is 25.4 Å². The third-order valence-corrected chi connectivity index (χ3v) is 0.775. The molecule has 0 atom stereocenters. The fourth-order valence-corrected chi connectivity index (χ4v) is 0.0577. The molecular formula is C6H14O3. The molecule has 0 aromatic carbocycles. The van der Waals surface area contributed by atoms with E-state index in [1.807, 2.05) is 0 Å². The van der Waals surface area contributed by atoms with Gasteiger partial charge >= 0.3 is 0 Å². The first-order valence-electron chi connectivity index (χ1n) is 3.21. The standard InChI is InChI=1S/C3H8O3.C3H6/c4-1-3(6)2-5;1-2-3-1/h3-6H,1-2H2;1-3H2. The Hall–Kier alpha value is -0.120. The Labute approximate surface area is 54.9 Å². The molecule has 0 radical (unpaired) electrons. The van der Waals surface area contributed by atoms with E-state index in [4.69, 9.17) is 15.3 Å². The van der Waals surface area contributed by atoms with Crippen molar-refractivity contribution in [1.82, 2.24) is 0 Å². The Morgan fingerprint density at radius 2 is 1.33 bits per heavy atom. The van der Waals surface area contributed by atoms with E-state index in [1.54, 1.807) is 0 Å². The molecule has 56 valence electrons. The molecule has 0 spiro atoms. The SMILES string of the molecule is C1CC1.OCC(O)CO. The van der Waals surface area contributed by atoms with Crippen LogP contribution in [0.2, 0.25) is 0 Å². The molecule has 0 aliphatic heterocycles. The van der Waals surface area contributed by atoms with Gasteiger partial charge in [0.25, 0.3) is 0 Å². The second-order valence-electron chi connectivity index (χ2n) is 2.08. The summed E-state index contributed by atoms with van der Waals surface area (Å²) in [4.78, 5) is 0. The van der Waals surface area contributed by atoms with Gasteiger partial charge < -0.3 is 15.3 Å². The van der Waals surface area contributed by atoms with Crippen LogP contribution in [0.25, 0.3) is 0 Å². The van der Waals surface area contributed by atoms with Crippen molar-refractivity contribution in [3.63, 3.8) is 0 Å². The van der Waals surface area contributed by atoms with Crippen molar-refractivity contribution >= 4 is 0 Å². The quantitative estimate of drug-likeness (QED) is 0.477. The molecule has 0 heterocycles. The first-order chi connectivity index (χ1) is 4.31. The van der Waals surface area contributed by atoms with Gasteiger partial charge in [0, 0.05) is 0 Å². The average molecular weight is 134 g/mol. The summed E-state index contributed by atoms with van der Waals surface area (Å²) in [6, 6.07) is 0. The van der Waals surface area contributed by atoms with Crippen molar-refractivity contribution in [3.05, 3.63) is 0 Å². The maximum absolute atomic E-state index is 8.17. The lowest BCUT2D eigenvalue weighted by atomic mass is 10.4. The van der Waals surface area contributed by atoms with Crippen LogP contribution in [0.15, 0.2) is 0 Å². The van der Waals surface area contributed by atoms with Gasteiger partial charge in [0.05, 0.1) is 13.2 Å². The molecule has 0 amide bonds. The van der Waals surface area contributed by atoms with Gasteiger partial charge in [-0.2, -0.15) is 0 Å². The molecule has 3 heteroatoms. The molecule has 1 fully saturated rings. The maximum Gasteiger partial charge on any atom is 0.100 e.